The van der Waals surface area contributed by atoms with Gasteiger partial charge in [0, 0.05) is 5.69 Å². The van der Waals surface area contributed by atoms with Gasteiger partial charge in [0.05, 0.1) is 6.20 Å². The van der Waals surface area contributed by atoms with Gasteiger partial charge < -0.3 is 5.32 Å². The van der Waals surface area contributed by atoms with Gasteiger partial charge in [0.2, 0.25) is 11.8 Å². The summed E-state index contributed by atoms with van der Waals surface area (Å²) >= 11 is 0. The summed E-state index contributed by atoms with van der Waals surface area (Å²) in [5.74, 6) is -0.679. The Morgan fingerprint density at radius 1 is 1.27 bits per heavy atom. The molecule has 0 unspecified atom stereocenters. The maximum atomic E-state index is 12.6. The number of hydrogen-bond donors (Lipinski definition) is 2. The van der Waals surface area contributed by atoms with Gasteiger partial charge in [0.25, 0.3) is 5.56 Å². The molecule has 2 rings (SSSR count). The Labute approximate surface area is 84.8 Å². The van der Waals surface area contributed by atoms with Gasteiger partial charge in [-0.3, -0.25) is 9.78 Å². The van der Waals surface area contributed by atoms with Crippen LogP contribution in [-0.2, 0) is 0 Å². The van der Waals surface area contributed by atoms with Crippen LogP contribution in [0, 0.1) is 5.82 Å². The first-order chi connectivity index (χ1) is 7.25. The average molecular weight is 205 g/mol. The fourth-order valence-electron chi connectivity index (χ4n) is 1.10. The molecule has 1 aromatic heterocycles. The topological polar surface area (TPSA) is 57.8 Å². The van der Waals surface area contributed by atoms with E-state index in [4.69, 9.17) is 0 Å². The molecule has 76 valence electrons. The number of hydrogen-bond acceptors (Lipinski definition) is 3. The van der Waals surface area contributed by atoms with E-state index in [0.717, 1.165) is 11.9 Å². The molecule has 1 aromatic carbocycles. The van der Waals surface area contributed by atoms with Crippen LogP contribution in [0.25, 0.3) is 0 Å². The third-order valence-electron chi connectivity index (χ3n) is 1.79. The van der Waals surface area contributed by atoms with Crippen LogP contribution in [0.3, 0.4) is 0 Å². The number of anilines is 2. The predicted octanol–water partition coefficient (Wildman–Crippen LogP) is 1.65. The first-order valence-electron chi connectivity index (χ1n) is 4.32. The van der Waals surface area contributed by atoms with Crippen molar-refractivity contribution in [3.05, 3.63) is 52.7 Å². The SMILES string of the molecule is O=c1[nH]c(Nc2ccccc2)ncc1F. The van der Waals surface area contributed by atoms with E-state index in [1.54, 1.807) is 0 Å². The van der Waals surface area contributed by atoms with Crippen LogP contribution in [-0.4, -0.2) is 9.97 Å². The summed E-state index contributed by atoms with van der Waals surface area (Å²) < 4.78 is 12.6. The molecule has 2 aromatic rings. The lowest BCUT2D eigenvalue weighted by molar-refractivity contribution is 0.601. The van der Waals surface area contributed by atoms with E-state index in [0.29, 0.717) is 0 Å². The Morgan fingerprint density at radius 3 is 2.67 bits per heavy atom. The second-order valence-electron chi connectivity index (χ2n) is 2.90. The molecule has 0 amide bonds. The van der Waals surface area contributed by atoms with Crippen LogP contribution < -0.4 is 10.9 Å². The van der Waals surface area contributed by atoms with Gasteiger partial charge in [-0.2, -0.15) is 4.39 Å². The third kappa shape index (κ3) is 2.19. The van der Waals surface area contributed by atoms with Gasteiger partial charge in [-0.1, -0.05) is 18.2 Å². The largest absolute Gasteiger partial charge is 0.326 e. The molecule has 0 aliphatic carbocycles. The van der Waals surface area contributed by atoms with E-state index in [1.165, 1.54) is 0 Å². The molecule has 5 heteroatoms. The molecular formula is C10H8FN3O. The van der Waals surface area contributed by atoms with Gasteiger partial charge in [-0.25, -0.2) is 4.98 Å². The second kappa shape index (κ2) is 3.91. The van der Waals surface area contributed by atoms with Crippen molar-refractivity contribution >= 4 is 11.6 Å². The van der Waals surface area contributed by atoms with E-state index in [2.05, 4.69) is 15.3 Å². The summed E-state index contributed by atoms with van der Waals surface area (Å²) in [6.07, 6.45) is 0.879. The Morgan fingerprint density at radius 2 is 2.00 bits per heavy atom. The van der Waals surface area contributed by atoms with Crippen molar-refractivity contribution in [1.82, 2.24) is 9.97 Å². The zero-order chi connectivity index (χ0) is 10.7. The average Bonchev–Trinajstić information content (AvgIpc) is 2.25. The number of halogens is 1. The maximum Gasteiger partial charge on any atom is 0.288 e. The van der Waals surface area contributed by atoms with E-state index >= 15 is 0 Å². The number of nitrogens with zero attached hydrogens (tertiary/aromatic N) is 1. The van der Waals surface area contributed by atoms with E-state index in [-0.39, 0.29) is 5.95 Å². The molecule has 4 nitrogen and oxygen atoms in total. The molecule has 2 N–H and O–H groups in total. The van der Waals surface area contributed by atoms with Gasteiger partial charge in [-0.05, 0) is 12.1 Å². The number of nitrogens with one attached hydrogen (secondary N) is 2. The van der Waals surface area contributed by atoms with Gasteiger partial charge >= 0.3 is 0 Å². The van der Waals surface area contributed by atoms with Gasteiger partial charge in [0.1, 0.15) is 0 Å². The van der Waals surface area contributed by atoms with E-state index in [9.17, 15) is 9.18 Å². The van der Waals surface area contributed by atoms with Crippen molar-refractivity contribution in [2.75, 3.05) is 5.32 Å². The molecule has 0 spiro atoms. The standard InChI is InChI=1S/C10H8FN3O/c11-8-6-12-10(14-9(8)15)13-7-4-2-1-3-5-7/h1-6H,(H2,12,13,14,15). The monoisotopic (exact) mass is 205 g/mol. The van der Waals surface area contributed by atoms with Crippen LogP contribution >= 0.6 is 0 Å². The van der Waals surface area contributed by atoms with Crippen molar-refractivity contribution < 1.29 is 4.39 Å². The van der Waals surface area contributed by atoms with Crippen molar-refractivity contribution in [3.63, 3.8) is 0 Å². The zero-order valence-corrected chi connectivity index (χ0v) is 7.70. The fourth-order valence-corrected chi connectivity index (χ4v) is 1.10. The number of para-hydroxylation sites is 1. The Hall–Kier alpha value is -2.17. The summed E-state index contributed by atoms with van der Waals surface area (Å²) in [4.78, 5) is 16.9. The third-order valence-corrected chi connectivity index (χ3v) is 1.79. The summed E-state index contributed by atoms with van der Waals surface area (Å²) in [7, 11) is 0. The lowest BCUT2D eigenvalue weighted by Crippen LogP contribution is -2.13. The number of benzene rings is 1. The molecule has 1 heterocycles. The summed E-state index contributed by atoms with van der Waals surface area (Å²) in [6, 6.07) is 9.16. The lowest BCUT2D eigenvalue weighted by Gasteiger charge is -2.03. The van der Waals surface area contributed by atoms with Gasteiger partial charge in [0.15, 0.2) is 0 Å². The minimum atomic E-state index is -0.895. The summed E-state index contributed by atoms with van der Waals surface area (Å²) in [5, 5.41) is 2.84. The highest BCUT2D eigenvalue weighted by Crippen LogP contribution is 2.09. The number of aromatic amines is 1. The predicted molar refractivity (Wildman–Crippen MR) is 54.5 cm³/mol. The quantitative estimate of drug-likeness (QED) is 0.783. The molecule has 0 aliphatic heterocycles. The Bertz CT molecular complexity index is 510. The summed E-state index contributed by atoms with van der Waals surface area (Å²) in [6.45, 7) is 0. The lowest BCUT2D eigenvalue weighted by atomic mass is 10.3. The molecule has 0 saturated heterocycles. The highest BCUT2D eigenvalue weighted by molar-refractivity contribution is 5.52. The van der Waals surface area contributed by atoms with Crippen molar-refractivity contribution in [3.8, 4) is 0 Å². The number of aromatic nitrogens is 2. The van der Waals surface area contributed by atoms with Crippen molar-refractivity contribution in [1.29, 1.82) is 0 Å². The van der Waals surface area contributed by atoms with E-state index in [1.807, 2.05) is 30.3 Å². The Balaban J connectivity index is 2.26. The molecule has 0 fully saturated rings. The minimum absolute atomic E-state index is 0.215. The molecule has 0 bridgehead atoms. The molecule has 0 atom stereocenters. The number of H-pyrrole nitrogens is 1. The molecule has 0 aliphatic rings. The highest BCUT2D eigenvalue weighted by Gasteiger charge is 2.00. The van der Waals surface area contributed by atoms with Crippen LogP contribution in [0.1, 0.15) is 0 Å². The van der Waals surface area contributed by atoms with Crippen molar-refractivity contribution in [2.24, 2.45) is 0 Å². The first kappa shape index (κ1) is 9.39. The van der Waals surface area contributed by atoms with Gasteiger partial charge in [-0.15, -0.1) is 0 Å². The molecule has 0 saturated carbocycles. The second-order valence-corrected chi connectivity index (χ2v) is 2.90. The molecule has 0 radical (unpaired) electrons. The van der Waals surface area contributed by atoms with Crippen LogP contribution in [0.4, 0.5) is 16.0 Å². The van der Waals surface area contributed by atoms with Crippen LogP contribution in [0.2, 0.25) is 0 Å². The van der Waals surface area contributed by atoms with Crippen molar-refractivity contribution in [2.45, 2.75) is 0 Å². The van der Waals surface area contributed by atoms with E-state index < -0.39 is 11.4 Å². The maximum absolute atomic E-state index is 12.6. The Kier molecular flexibility index (Phi) is 2.45. The zero-order valence-electron chi connectivity index (χ0n) is 7.70. The highest BCUT2D eigenvalue weighted by atomic mass is 19.1. The fraction of sp³-hybridized carbons (Fsp3) is 0. The summed E-state index contributed by atoms with van der Waals surface area (Å²) in [5.41, 5.74) is -0.0179. The first-order valence-corrected chi connectivity index (χ1v) is 4.32. The minimum Gasteiger partial charge on any atom is -0.326 e. The number of rotatable bonds is 2. The van der Waals surface area contributed by atoms with Crippen LogP contribution in [0.15, 0.2) is 41.3 Å². The molecular weight excluding hydrogens is 197 g/mol. The smallest absolute Gasteiger partial charge is 0.288 e. The normalized spacial score (nSPS) is 9.93. The van der Waals surface area contributed by atoms with Crippen LogP contribution in [0.5, 0.6) is 0 Å². The molecule has 15 heavy (non-hydrogen) atoms.